The van der Waals surface area contributed by atoms with Gasteiger partial charge in [-0.3, -0.25) is 0 Å². The van der Waals surface area contributed by atoms with E-state index in [9.17, 15) is 18.0 Å². The maximum atomic E-state index is 12.7. The molecule has 2 heterocycles. The Kier molecular flexibility index (Phi) is 2.45. The largest absolute Gasteiger partial charge is 0.422 e. The smallest absolute Gasteiger partial charge is 0.401 e. The fourth-order valence-electron chi connectivity index (χ4n) is 2.07. The molecule has 1 aliphatic rings. The van der Waals surface area contributed by atoms with Crippen molar-refractivity contribution in [2.24, 2.45) is 0 Å². The summed E-state index contributed by atoms with van der Waals surface area (Å²) in [6, 6.07) is 6.66. The Hall–Kier alpha value is -1.43. The highest BCUT2D eigenvalue weighted by Crippen LogP contribution is 2.45. The van der Waals surface area contributed by atoms with Gasteiger partial charge >= 0.3 is 11.8 Å². The van der Waals surface area contributed by atoms with Gasteiger partial charge in [0, 0.05) is 5.39 Å². The summed E-state index contributed by atoms with van der Waals surface area (Å²) in [6.45, 7) is 0. The molecule has 0 saturated heterocycles. The second kappa shape index (κ2) is 3.78. The van der Waals surface area contributed by atoms with Crippen molar-refractivity contribution in [3.05, 3.63) is 40.2 Å². The van der Waals surface area contributed by atoms with E-state index in [1.54, 1.807) is 24.3 Å². The van der Waals surface area contributed by atoms with Gasteiger partial charge in [0.15, 0.2) is 0 Å². The van der Waals surface area contributed by atoms with Crippen molar-refractivity contribution in [1.29, 1.82) is 0 Å². The molecule has 94 valence electrons. The van der Waals surface area contributed by atoms with E-state index in [1.807, 2.05) is 0 Å². The van der Waals surface area contributed by atoms with E-state index < -0.39 is 17.1 Å². The molecule has 0 N–H and O–H groups in total. The topological polar surface area (TPSA) is 30.2 Å². The zero-order valence-electron chi connectivity index (χ0n) is 8.95. The SMILES string of the molecule is O=c1oc2ccccc2c2c1SC(C(F)(F)F)C2. The number of alkyl halides is 3. The van der Waals surface area contributed by atoms with E-state index in [-0.39, 0.29) is 11.3 Å². The van der Waals surface area contributed by atoms with Gasteiger partial charge in [-0.15, -0.1) is 11.8 Å². The van der Waals surface area contributed by atoms with Crippen LogP contribution in [0, 0.1) is 0 Å². The Balaban J connectivity index is 2.21. The lowest BCUT2D eigenvalue weighted by Crippen LogP contribution is -2.24. The number of hydrogen-bond donors (Lipinski definition) is 0. The lowest BCUT2D eigenvalue weighted by Gasteiger charge is -2.11. The van der Waals surface area contributed by atoms with Gasteiger partial charge < -0.3 is 4.42 Å². The molecule has 0 radical (unpaired) electrons. The summed E-state index contributed by atoms with van der Waals surface area (Å²) in [6.07, 6.45) is -4.48. The monoisotopic (exact) mass is 272 g/mol. The summed E-state index contributed by atoms with van der Waals surface area (Å²) in [5, 5.41) is -0.965. The van der Waals surface area contributed by atoms with E-state index >= 15 is 0 Å². The van der Waals surface area contributed by atoms with Crippen molar-refractivity contribution >= 4 is 22.7 Å². The molecule has 6 heteroatoms. The molecule has 1 unspecified atom stereocenters. The average Bonchev–Trinajstić information content (AvgIpc) is 2.74. The third-order valence-electron chi connectivity index (χ3n) is 2.89. The normalized spacial score (nSPS) is 19.2. The Morgan fingerprint density at radius 1 is 1.28 bits per heavy atom. The fourth-order valence-corrected chi connectivity index (χ4v) is 3.21. The summed E-state index contributed by atoms with van der Waals surface area (Å²) in [5.74, 6) is 0. The molecule has 18 heavy (non-hydrogen) atoms. The first-order valence-electron chi connectivity index (χ1n) is 5.25. The van der Waals surface area contributed by atoms with Gasteiger partial charge in [-0.25, -0.2) is 4.79 Å². The second-order valence-electron chi connectivity index (χ2n) is 4.05. The van der Waals surface area contributed by atoms with E-state index in [1.165, 1.54) is 0 Å². The van der Waals surface area contributed by atoms with Crippen LogP contribution in [-0.2, 0) is 6.42 Å². The molecule has 2 nitrogen and oxygen atoms in total. The van der Waals surface area contributed by atoms with Crippen LogP contribution in [0.2, 0.25) is 0 Å². The molecule has 1 aromatic carbocycles. The zero-order chi connectivity index (χ0) is 12.9. The minimum atomic E-state index is -4.31. The van der Waals surface area contributed by atoms with Crippen LogP contribution in [0.4, 0.5) is 13.2 Å². The number of fused-ring (bicyclic) bond motifs is 3. The number of thioether (sulfide) groups is 1. The molecular formula is C12H7F3O2S. The maximum Gasteiger partial charge on any atom is 0.401 e. The predicted molar refractivity (Wildman–Crippen MR) is 61.9 cm³/mol. The van der Waals surface area contributed by atoms with Crippen LogP contribution < -0.4 is 5.63 Å². The first kappa shape index (κ1) is 11.6. The van der Waals surface area contributed by atoms with Gasteiger partial charge in [0.25, 0.3) is 0 Å². The highest BCUT2D eigenvalue weighted by Gasteiger charge is 2.45. The Labute approximate surface area is 104 Å². The van der Waals surface area contributed by atoms with Gasteiger partial charge in [0.2, 0.25) is 0 Å². The Morgan fingerprint density at radius 3 is 2.72 bits per heavy atom. The van der Waals surface area contributed by atoms with Crippen LogP contribution in [0.3, 0.4) is 0 Å². The standard InChI is InChI=1S/C12H7F3O2S/c13-12(14,15)9-5-7-6-3-1-2-4-8(6)17-11(16)10(7)18-9/h1-4,9H,5H2. The van der Waals surface area contributed by atoms with Crippen LogP contribution in [0.1, 0.15) is 5.56 Å². The van der Waals surface area contributed by atoms with E-state index in [4.69, 9.17) is 4.42 Å². The predicted octanol–water partition coefficient (Wildman–Crippen LogP) is 3.37. The first-order chi connectivity index (χ1) is 8.47. The minimum absolute atomic E-state index is 0.0935. The molecule has 2 aromatic rings. The van der Waals surface area contributed by atoms with Gasteiger partial charge in [0.1, 0.15) is 10.8 Å². The molecule has 0 fully saturated rings. The first-order valence-corrected chi connectivity index (χ1v) is 6.13. The fraction of sp³-hybridized carbons (Fsp3) is 0.250. The molecule has 0 saturated carbocycles. The molecular weight excluding hydrogens is 265 g/mol. The second-order valence-corrected chi connectivity index (χ2v) is 5.26. The number of para-hydroxylation sites is 1. The van der Waals surface area contributed by atoms with Crippen LogP contribution in [0.15, 0.2) is 38.4 Å². The molecule has 1 atom stereocenters. The maximum absolute atomic E-state index is 12.7. The summed E-state index contributed by atoms with van der Waals surface area (Å²) < 4.78 is 43.1. The molecule has 1 aromatic heterocycles. The highest BCUT2D eigenvalue weighted by molar-refractivity contribution is 8.00. The molecule has 0 spiro atoms. The van der Waals surface area contributed by atoms with Crippen molar-refractivity contribution < 1.29 is 17.6 Å². The van der Waals surface area contributed by atoms with Gasteiger partial charge in [-0.05, 0) is 18.1 Å². The quantitative estimate of drug-likeness (QED) is 0.689. The summed E-state index contributed by atoms with van der Waals surface area (Å²) in [7, 11) is 0. The number of hydrogen-bond acceptors (Lipinski definition) is 3. The summed E-state index contributed by atoms with van der Waals surface area (Å²) >= 11 is 0.553. The lowest BCUT2D eigenvalue weighted by atomic mass is 10.1. The summed E-state index contributed by atoms with van der Waals surface area (Å²) in [4.78, 5) is 11.7. The van der Waals surface area contributed by atoms with Crippen LogP contribution in [0.5, 0.6) is 0 Å². The molecule has 0 amide bonds. The minimum Gasteiger partial charge on any atom is -0.422 e. The third kappa shape index (κ3) is 1.71. The van der Waals surface area contributed by atoms with Crippen molar-refractivity contribution in [3.63, 3.8) is 0 Å². The highest BCUT2D eigenvalue weighted by atomic mass is 32.2. The van der Waals surface area contributed by atoms with Crippen molar-refractivity contribution in [2.45, 2.75) is 22.7 Å². The zero-order valence-corrected chi connectivity index (χ0v) is 9.77. The van der Waals surface area contributed by atoms with E-state index in [0.29, 0.717) is 28.3 Å². The van der Waals surface area contributed by atoms with E-state index in [0.717, 1.165) is 0 Å². The number of halogens is 3. The average molecular weight is 272 g/mol. The van der Waals surface area contributed by atoms with E-state index in [2.05, 4.69) is 0 Å². The van der Waals surface area contributed by atoms with Crippen LogP contribution in [0.25, 0.3) is 11.0 Å². The van der Waals surface area contributed by atoms with Gasteiger partial charge in [0.05, 0.1) is 4.90 Å². The third-order valence-corrected chi connectivity index (χ3v) is 4.26. The van der Waals surface area contributed by atoms with Crippen LogP contribution in [-0.4, -0.2) is 11.4 Å². The summed E-state index contributed by atoms with van der Waals surface area (Å²) in [5.41, 5.74) is 0.110. The Morgan fingerprint density at radius 2 is 2.00 bits per heavy atom. The van der Waals surface area contributed by atoms with Crippen molar-refractivity contribution in [3.8, 4) is 0 Å². The van der Waals surface area contributed by atoms with Crippen LogP contribution >= 0.6 is 11.8 Å². The molecule has 0 bridgehead atoms. The van der Waals surface area contributed by atoms with Gasteiger partial charge in [-0.1, -0.05) is 18.2 Å². The number of rotatable bonds is 0. The number of benzene rings is 1. The van der Waals surface area contributed by atoms with Crippen molar-refractivity contribution in [1.82, 2.24) is 0 Å². The van der Waals surface area contributed by atoms with Crippen molar-refractivity contribution in [2.75, 3.05) is 0 Å². The molecule has 3 rings (SSSR count). The molecule has 1 aliphatic heterocycles. The lowest BCUT2D eigenvalue weighted by molar-refractivity contribution is -0.127. The van der Waals surface area contributed by atoms with Gasteiger partial charge in [-0.2, -0.15) is 13.2 Å². The molecule has 0 aliphatic carbocycles. The Bertz CT molecular complexity index is 675.